The largest absolute Gasteiger partial charge is 0.496 e. The summed E-state index contributed by atoms with van der Waals surface area (Å²) in [6, 6.07) is 12.8. The Kier molecular flexibility index (Phi) is 5.49. The predicted molar refractivity (Wildman–Crippen MR) is 102 cm³/mol. The van der Waals surface area contributed by atoms with Crippen LogP contribution in [-0.2, 0) is 11.3 Å². The molecule has 5 nitrogen and oxygen atoms in total. The molecule has 0 aliphatic heterocycles. The molecule has 1 N–H and O–H groups in total. The lowest BCUT2D eigenvalue weighted by atomic mass is 10.2. The number of ether oxygens (including phenoxy) is 2. The first-order valence-electron chi connectivity index (χ1n) is 7.95. The second kappa shape index (κ2) is 7.97. The average Bonchev–Trinajstić information content (AvgIpc) is 3.06. The van der Waals surface area contributed by atoms with Gasteiger partial charge in [-0.2, -0.15) is 0 Å². The minimum atomic E-state index is -0.235. The van der Waals surface area contributed by atoms with Gasteiger partial charge in [0, 0.05) is 34.7 Å². The lowest BCUT2D eigenvalue weighted by Gasteiger charge is -2.08. The molecule has 2 aromatic carbocycles. The molecular weight excluding hydrogens is 354 g/mol. The quantitative estimate of drug-likeness (QED) is 0.651. The summed E-state index contributed by atoms with van der Waals surface area (Å²) in [5.74, 6) is 1.58. The zero-order valence-corrected chi connectivity index (χ0v) is 15.2. The van der Waals surface area contributed by atoms with Gasteiger partial charge in [-0.1, -0.05) is 29.8 Å². The van der Waals surface area contributed by atoms with E-state index in [0.717, 1.165) is 16.7 Å². The minimum absolute atomic E-state index is 0.235. The topological polar surface area (TPSA) is 60.7 Å². The number of amides is 1. The monoisotopic (exact) mass is 371 g/mol. The van der Waals surface area contributed by atoms with Gasteiger partial charge in [0.1, 0.15) is 11.5 Å². The molecule has 0 fully saturated rings. The number of benzene rings is 2. The van der Waals surface area contributed by atoms with Crippen molar-refractivity contribution in [3.8, 4) is 11.5 Å². The van der Waals surface area contributed by atoms with Crippen LogP contribution in [0.5, 0.6) is 11.5 Å². The number of furan rings is 1. The van der Waals surface area contributed by atoms with E-state index in [0.29, 0.717) is 28.7 Å². The van der Waals surface area contributed by atoms with Crippen molar-refractivity contribution in [3.05, 3.63) is 64.9 Å². The van der Waals surface area contributed by atoms with Crippen LogP contribution < -0.4 is 14.8 Å². The Labute approximate surface area is 156 Å². The highest BCUT2D eigenvalue weighted by Gasteiger charge is 2.10. The molecule has 1 amide bonds. The second-order valence-corrected chi connectivity index (χ2v) is 5.97. The smallest absolute Gasteiger partial charge is 0.244 e. The average molecular weight is 372 g/mol. The summed E-state index contributed by atoms with van der Waals surface area (Å²) in [4.78, 5) is 12.1. The van der Waals surface area contributed by atoms with Crippen molar-refractivity contribution < 1.29 is 18.7 Å². The normalized spacial score (nSPS) is 11.0. The van der Waals surface area contributed by atoms with E-state index in [1.165, 1.54) is 6.08 Å². The fourth-order valence-electron chi connectivity index (χ4n) is 2.59. The van der Waals surface area contributed by atoms with Crippen LogP contribution in [0.25, 0.3) is 17.0 Å². The zero-order valence-electron chi connectivity index (χ0n) is 14.4. The third-order valence-electron chi connectivity index (χ3n) is 3.83. The Balaban J connectivity index is 1.69. The summed E-state index contributed by atoms with van der Waals surface area (Å²) in [7, 11) is 3.15. The first-order valence-corrected chi connectivity index (χ1v) is 8.33. The van der Waals surface area contributed by atoms with E-state index in [-0.39, 0.29) is 5.91 Å². The van der Waals surface area contributed by atoms with Gasteiger partial charge in [-0.05, 0) is 24.3 Å². The van der Waals surface area contributed by atoms with Gasteiger partial charge < -0.3 is 19.2 Å². The van der Waals surface area contributed by atoms with Gasteiger partial charge in [-0.25, -0.2) is 0 Å². The molecule has 0 unspecified atom stereocenters. The Morgan fingerprint density at radius 1 is 1.15 bits per heavy atom. The molecule has 3 aromatic rings. The van der Waals surface area contributed by atoms with E-state index < -0.39 is 0 Å². The molecule has 6 heteroatoms. The zero-order chi connectivity index (χ0) is 18.5. The van der Waals surface area contributed by atoms with E-state index in [1.54, 1.807) is 38.5 Å². The fourth-order valence-corrected chi connectivity index (χ4v) is 2.80. The fraction of sp³-hybridized carbons (Fsp3) is 0.150. The Hall–Kier alpha value is -2.92. The number of nitrogens with one attached hydrogen (secondary N) is 1. The van der Waals surface area contributed by atoms with Crippen molar-refractivity contribution >= 4 is 34.6 Å². The van der Waals surface area contributed by atoms with Crippen molar-refractivity contribution in [2.24, 2.45) is 0 Å². The lowest BCUT2D eigenvalue weighted by Crippen LogP contribution is -2.20. The summed E-state index contributed by atoms with van der Waals surface area (Å²) >= 11 is 6.05. The molecule has 0 saturated heterocycles. The first-order chi connectivity index (χ1) is 12.6. The minimum Gasteiger partial charge on any atom is -0.496 e. The molecule has 0 aliphatic rings. The summed E-state index contributed by atoms with van der Waals surface area (Å²) in [6.45, 7) is 0.372. The third-order valence-corrected chi connectivity index (χ3v) is 4.05. The van der Waals surface area contributed by atoms with Crippen molar-refractivity contribution in [1.82, 2.24) is 5.32 Å². The molecule has 1 heterocycles. The lowest BCUT2D eigenvalue weighted by molar-refractivity contribution is -0.116. The number of fused-ring (bicyclic) bond motifs is 1. The van der Waals surface area contributed by atoms with E-state index in [1.807, 2.05) is 24.3 Å². The summed E-state index contributed by atoms with van der Waals surface area (Å²) in [5, 5.41) is 4.18. The molecule has 0 radical (unpaired) electrons. The van der Waals surface area contributed by atoms with E-state index >= 15 is 0 Å². The number of carbonyl (C=O) groups is 1. The molecule has 0 saturated carbocycles. The Morgan fingerprint density at radius 3 is 2.69 bits per heavy atom. The SMILES string of the molecule is COc1ccccc1CNC(=O)C=Cc1cc2cc(Cl)cc(OC)c2o1. The number of halogens is 1. The number of carbonyl (C=O) groups excluding carboxylic acids is 1. The van der Waals surface area contributed by atoms with Gasteiger partial charge in [0.15, 0.2) is 11.3 Å². The maximum atomic E-state index is 12.1. The van der Waals surface area contributed by atoms with Gasteiger partial charge in [-0.15, -0.1) is 0 Å². The molecular formula is C20H18ClNO4. The van der Waals surface area contributed by atoms with E-state index in [2.05, 4.69) is 5.32 Å². The highest BCUT2D eigenvalue weighted by atomic mass is 35.5. The molecule has 0 aliphatic carbocycles. The van der Waals surface area contributed by atoms with E-state index in [4.69, 9.17) is 25.5 Å². The molecule has 134 valence electrons. The van der Waals surface area contributed by atoms with Crippen LogP contribution in [-0.4, -0.2) is 20.1 Å². The molecule has 1 aromatic heterocycles. The summed E-state index contributed by atoms with van der Waals surface area (Å²) in [6.07, 6.45) is 3.02. The summed E-state index contributed by atoms with van der Waals surface area (Å²) in [5.41, 5.74) is 1.49. The van der Waals surface area contributed by atoms with Crippen LogP contribution in [0.15, 0.2) is 53.0 Å². The van der Waals surface area contributed by atoms with Crippen LogP contribution in [0, 0.1) is 0 Å². The number of hydrogen-bond acceptors (Lipinski definition) is 4. The Morgan fingerprint density at radius 2 is 1.92 bits per heavy atom. The number of methoxy groups -OCH3 is 2. The molecule has 0 atom stereocenters. The van der Waals surface area contributed by atoms with Gasteiger partial charge in [0.05, 0.1) is 14.2 Å². The third kappa shape index (κ3) is 4.00. The van der Waals surface area contributed by atoms with Crippen molar-refractivity contribution in [1.29, 1.82) is 0 Å². The van der Waals surface area contributed by atoms with Gasteiger partial charge in [0.2, 0.25) is 5.91 Å². The van der Waals surface area contributed by atoms with Crippen LogP contribution in [0.2, 0.25) is 5.02 Å². The van der Waals surface area contributed by atoms with Gasteiger partial charge in [-0.3, -0.25) is 4.79 Å². The van der Waals surface area contributed by atoms with Gasteiger partial charge in [0.25, 0.3) is 0 Å². The maximum Gasteiger partial charge on any atom is 0.244 e. The van der Waals surface area contributed by atoms with Crippen LogP contribution in [0.3, 0.4) is 0 Å². The standard InChI is InChI=1S/C20H18ClNO4/c1-24-17-6-4-3-5-13(17)12-22-19(23)8-7-16-10-14-9-15(21)11-18(25-2)20(14)26-16/h3-11H,12H2,1-2H3,(H,22,23). The van der Waals surface area contributed by atoms with Crippen molar-refractivity contribution in [3.63, 3.8) is 0 Å². The predicted octanol–water partition coefficient (Wildman–Crippen LogP) is 4.43. The number of rotatable bonds is 6. The van der Waals surface area contributed by atoms with E-state index in [9.17, 15) is 4.79 Å². The molecule has 0 spiro atoms. The summed E-state index contributed by atoms with van der Waals surface area (Å²) < 4.78 is 16.3. The highest BCUT2D eigenvalue weighted by molar-refractivity contribution is 6.31. The highest BCUT2D eigenvalue weighted by Crippen LogP contribution is 2.32. The first kappa shape index (κ1) is 17.9. The second-order valence-electron chi connectivity index (χ2n) is 5.54. The molecule has 0 bridgehead atoms. The molecule has 3 rings (SSSR count). The van der Waals surface area contributed by atoms with Crippen LogP contribution in [0.1, 0.15) is 11.3 Å². The van der Waals surface area contributed by atoms with Gasteiger partial charge >= 0.3 is 0 Å². The van der Waals surface area contributed by atoms with Crippen LogP contribution >= 0.6 is 11.6 Å². The Bertz CT molecular complexity index is 962. The van der Waals surface area contributed by atoms with Crippen LogP contribution in [0.4, 0.5) is 0 Å². The van der Waals surface area contributed by atoms with Crippen molar-refractivity contribution in [2.75, 3.05) is 14.2 Å². The van der Waals surface area contributed by atoms with Crippen molar-refractivity contribution in [2.45, 2.75) is 6.54 Å². The number of hydrogen-bond donors (Lipinski definition) is 1. The number of para-hydroxylation sites is 1. The maximum absolute atomic E-state index is 12.1. The molecule has 26 heavy (non-hydrogen) atoms.